The van der Waals surface area contributed by atoms with Crippen LogP contribution in [0.1, 0.15) is 11.7 Å². The van der Waals surface area contributed by atoms with Crippen LogP contribution in [0.3, 0.4) is 0 Å². The Balaban J connectivity index is 2.20. The first-order chi connectivity index (χ1) is 7.31. The third kappa shape index (κ3) is 2.22. The highest BCUT2D eigenvalue weighted by molar-refractivity contribution is 8.22. The summed E-state index contributed by atoms with van der Waals surface area (Å²) in [6.45, 7) is 3.57. The van der Waals surface area contributed by atoms with Crippen molar-refractivity contribution in [3.05, 3.63) is 65.5 Å². The summed E-state index contributed by atoms with van der Waals surface area (Å²) in [5.74, 6) is 0. The van der Waals surface area contributed by atoms with Crippen LogP contribution in [0.15, 0.2) is 64.8 Å². The van der Waals surface area contributed by atoms with E-state index in [1.807, 2.05) is 12.1 Å². The first kappa shape index (κ1) is 10.3. The summed E-state index contributed by atoms with van der Waals surface area (Å²) in [6.07, 6.45) is 5.15. The topological polar surface area (TPSA) is 20.2 Å². The summed E-state index contributed by atoms with van der Waals surface area (Å²) in [5.41, 5.74) is 0.899. The molecule has 2 heteroatoms. The third-order valence-corrected chi connectivity index (χ3v) is 4.24. The monoisotopic (exact) mass is 218 g/mol. The quantitative estimate of drug-likeness (QED) is 0.589. The Morgan fingerprint density at radius 3 is 2.27 bits per heavy atom. The van der Waals surface area contributed by atoms with E-state index in [-0.39, 0.29) is 10.9 Å². The normalized spacial score (nSPS) is 18.1. The van der Waals surface area contributed by atoms with Crippen LogP contribution in [0.4, 0.5) is 0 Å². The van der Waals surface area contributed by atoms with Crippen molar-refractivity contribution in [2.24, 2.45) is 0 Å². The number of hydrogen-bond acceptors (Lipinski definition) is 1. The van der Waals surface area contributed by atoms with E-state index in [9.17, 15) is 5.11 Å². The Morgan fingerprint density at radius 2 is 1.73 bits per heavy atom. The smallest absolute Gasteiger partial charge is 0.0969 e. The van der Waals surface area contributed by atoms with Crippen LogP contribution >= 0.6 is 10.9 Å². The van der Waals surface area contributed by atoms with E-state index in [2.05, 4.69) is 41.7 Å². The fourth-order valence-electron chi connectivity index (χ4n) is 1.49. The summed E-state index contributed by atoms with van der Waals surface area (Å²) in [7, 11) is -0.245. The second-order valence-electron chi connectivity index (χ2n) is 3.36. The Kier molecular flexibility index (Phi) is 3.09. The van der Waals surface area contributed by atoms with Gasteiger partial charge in [-0.15, -0.1) is 6.58 Å². The van der Waals surface area contributed by atoms with E-state index in [0.29, 0.717) is 0 Å². The lowest BCUT2D eigenvalue weighted by Gasteiger charge is -2.12. The lowest BCUT2D eigenvalue weighted by molar-refractivity contribution is 0.229. The van der Waals surface area contributed by atoms with Crippen molar-refractivity contribution in [1.82, 2.24) is 0 Å². The molecule has 0 saturated carbocycles. The van der Waals surface area contributed by atoms with Crippen LogP contribution in [0.5, 0.6) is 0 Å². The van der Waals surface area contributed by atoms with Gasteiger partial charge < -0.3 is 5.11 Å². The van der Waals surface area contributed by atoms with E-state index < -0.39 is 6.10 Å². The molecule has 0 aliphatic carbocycles. The van der Waals surface area contributed by atoms with Crippen LogP contribution in [-0.4, -0.2) is 5.11 Å². The van der Waals surface area contributed by atoms with Gasteiger partial charge in [0.1, 0.15) is 0 Å². The molecule has 78 valence electrons. The van der Waals surface area contributed by atoms with Gasteiger partial charge in [-0.05, 0) is 33.4 Å². The SMILES string of the molecule is C=CC(O)c1ccc([SH]2C=CC=C2)cc1. The summed E-state index contributed by atoms with van der Waals surface area (Å²) < 4.78 is 0. The maximum atomic E-state index is 9.54. The fourth-order valence-corrected chi connectivity index (χ4v) is 2.99. The minimum atomic E-state index is -0.554. The maximum absolute atomic E-state index is 9.54. The van der Waals surface area contributed by atoms with Gasteiger partial charge in [-0.25, -0.2) is 0 Å². The third-order valence-electron chi connectivity index (χ3n) is 2.36. The van der Waals surface area contributed by atoms with Crippen molar-refractivity contribution in [1.29, 1.82) is 0 Å². The second-order valence-corrected chi connectivity index (χ2v) is 5.29. The Bertz CT molecular complexity index is 391. The lowest BCUT2D eigenvalue weighted by atomic mass is 10.1. The van der Waals surface area contributed by atoms with E-state index in [1.54, 1.807) is 0 Å². The molecule has 0 amide bonds. The summed E-state index contributed by atoms with van der Waals surface area (Å²) >= 11 is 0. The first-order valence-corrected chi connectivity index (χ1v) is 6.33. The molecule has 1 nitrogen and oxygen atoms in total. The molecule has 1 aliphatic heterocycles. The average molecular weight is 218 g/mol. The molecule has 0 bridgehead atoms. The molecule has 2 rings (SSSR count). The van der Waals surface area contributed by atoms with Crippen LogP contribution in [-0.2, 0) is 0 Å². The lowest BCUT2D eigenvalue weighted by Crippen LogP contribution is -1.91. The van der Waals surface area contributed by atoms with E-state index in [0.717, 1.165) is 5.56 Å². The molecule has 0 fully saturated rings. The number of aliphatic hydroxyl groups excluding tert-OH is 1. The van der Waals surface area contributed by atoms with Gasteiger partial charge in [0.05, 0.1) is 6.10 Å². The summed E-state index contributed by atoms with van der Waals surface area (Å²) in [4.78, 5) is 1.31. The molecule has 1 heterocycles. The van der Waals surface area contributed by atoms with Gasteiger partial charge in [0.15, 0.2) is 0 Å². The number of rotatable bonds is 3. The number of hydrogen-bond donors (Lipinski definition) is 2. The second kappa shape index (κ2) is 4.51. The molecular weight excluding hydrogens is 204 g/mol. The molecule has 1 aromatic rings. The molecule has 0 radical (unpaired) electrons. The van der Waals surface area contributed by atoms with Crippen LogP contribution in [0.25, 0.3) is 0 Å². The largest absolute Gasteiger partial charge is 0.384 e. The Morgan fingerprint density at radius 1 is 1.13 bits per heavy atom. The maximum Gasteiger partial charge on any atom is 0.0969 e. The van der Waals surface area contributed by atoms with Crippen molar-refractivity contribution in [2.45, 2.75) is 11.0 Å². The van der Waals surface area contributed by atoms with Crippen molar-refractivity contribution in [3.8, 4) is 0 Å². The molecule has 15 heavy (non-hydrogen) atoms. The number of benzene rings is 1. The standard InChI is InChI=1S/C13H14OS/c1-2-13(14)11-5-7-12(8-6-11)15-9-3-4-10-15/h2-10,13-15H,1H2. The van der Waals surface area contributed by atoms with Crippen LogP contribution < -0.4 is 0 Å². The minimum Gasteiger partial charge on any atom is -0.384 e. The van der Waals surface area contributed by atoms with Gasteiger partial charge in [-0.3, -0.25) is 0 Å². The van der Waals surface area contributed by atoms with Crippen molar-refractivity contribution in [2.75, 3.05) is 0 Å². The van der Waals surface area contributed by atoms with E-state index in [1.165, 1.54) is 11.0 Å². The number of allylic oxidation sites excluding steroid dienone is 2. The molecule has 1 aliphatic rings. The highest BCUT2D eigenvalue weighted by atomic mass is 32.2. The van der Waals surface area contributed by atoms with Crippen molar-refractivity contribution in [3.63, 3.8) is 0 Å². The van der Waals surface area contributed by atoms with E-state index in [4.69, 9.17) is 0 Å². The molecular formula is C13H14OS. The predicted octanol–water partition coefficient (Wildman–Crippen LogP) is 3.31. The zero-order valence-corrected chi connectivity index (χ0v) is 9.27. The first-order valence-electron chi connectivity index (χ1n) is 4.85. The van der Waals surface area contributed by atoms with Crippen molar-refractivity contribution < 1.29 is 5.11 Å². The van der Waals surface area contributed by atoms with Gasteiger partial charge in [-0.2, -0.15) is 10.9 Å². The minimum absolute atomic E-state index is 0.245. The van der Waals surface area contributed by atoms with Gasteiger partial charge in [0.2, 0.25) is 0 Å². The molecule has 0 spiro atoms. The van der Waals surface area contributed by atoms with Gasteiger partial charge >= 0.3 is 0 Å². The summed E-state index contributed by atoms with van der Waals surface area (Å²) in [6, 6.07) is 8.08. The molecule has 1 unspecified atom stereocenters. The highest BCUT2D eigenvalue weighted by Gasteiger charge is 2.05. The fraction of sp³-hybridized carbons (Fsp3) is 0.0769. The average Bonchev–Trinajstić information content (AvgIpc) is 2.82. The molecule has 0 aromatic heterocycles. The van der Waals surface area contributed by atoms with Gasteiger partial charge in [0.25, 0.3) is 0 Å². The number of thiol groups is 1. The molecule has 1 atom stereocenters. The molecule has 1 aromatic carbocycles. The van der Waals surface area contributed by atoms with Crippen LogP contribution in [0.2, 0.25) is 0 Å². The predicted molar refractivity (Wildman–Crippen MR) is 67.1 cm³/mol. The summed E-state index contributed by atoms with van der Waals surface area (Å²) in [5, 5.41) is 14.0. The van der Waals surface area contributed by atoms with Crippen molar-refractivity contribution >= 4 is 10.9 Å². The number of aliphatic hydroxyl groups is 1. The molecule has 1 N–H and O–H groups in total. The zero-order valence-electron chi connectivity index (χ0n) is 8.38. The Hall–Kier alpha value is -1.25. The molecule has 0 saturated heterocycles. The van der Waals surface area contributed by atoms with Gasteiger partial charge in [-0.1, -0.05) is 30.4 Å². The van der Waals surface area contributed by atoms with Crippen LogP contribution in [0, 0.1) is 0 Å². The Labute approximate surface area is 92.8 Å². The van der Waals surface area contributed by atoms with Gasteiger partial charge in [0, 0.05) is 0 Å². The zero-order chi connectivity index (χ0) is 10.7. The highest BCUT2D eigenvalue weighted by Crippen LogP contribution is 2.41. The van der Waals surface area contributed by atoms with E-state index >= 15 is 0 Å².